The Labute approximate surface area is 217 Å². The molecule has 2 aliphatic rings. The molecule has 1 saturated carbocycles. The van der Waals surface area contributed by atoms with Crippen LogP contribution in [0.5, 0.6) is 0 Å². The van der Waals surface area contributed by atoms with Gasteiger partial charge in [-0.2, -0.15) is 4.98 Å². The smallest absolute Gasteiger partial charge is 0.417 e. The number of benzene rings is 1. The van der Waals surface area contributed by atoms with Gasteiger partial charge in [-0.25, -0.2) is 19.5 Å². The van der Waals surface area contributed by atoms with Crippen molar-refractivity contribution < 1.29 is 23.9 Å². The fraction of sp³-hybridized carbons (Fsp3) is 0.519. The first-order valence-electron chi connectivity index (χ1n) is 12.8. The van der Waals surface area contributed by atoms with Gasteiger partial charge in [-0.3, -0.25) is 9.69 Å². The Morgan fingerprint density at radius 3 is 2.46 bits per heavy atom. The third-order valence-corrected chi connectivity index (χ3v) is 6.50. The molecule has 198 valence electrons. The molecule has 1 unspecified atom stereocenters. The molecular formula is C27H35N5O5. The van der Waals surface area contributed by atoms with Crippen LogP contribution in [0.3, 0.4) is 0 Å². The summed E-state index contributed by atoms with van der Waals surface area (Å²) in [6.45, 7) is 7.85. The van der Waals surface area contributed by atoms with Gasteiger partial charge in [-0.15, -0.1) is 0 Å². The van der Waals surface area contributed by atoms with E-state index in [1.807, 2.05) is 31.2 Å². The minimum atomic E-state index is -0.737. The monoisotopic (exact) mass is 509 g/mol. The van der Waals surface area contributed by atoms with Gasteiger partial charge in [0.15, 0.2) is 0 Å². The predicted molar refractivity (Wildman–Crippen MR) is 140 cm³/mol. The largest absolute Gasteiger partial charge is 0.447 e. The molecule has 2 fully saturated rings. The van der Waals surface area contributed by atoms with Crippen LogP contribution in [0.2, 0.25) is 0 Å². The van der Waals surface area contributed by atoms with E-state index in [0.29, 0.717) is 18.1 Å². The molecule has 37 heavy (non-hydrogen) atoms. The van der Waals surface area contributed by atoms with E-state index in [1.165, 1.54) is 22.4 Å². The first-order chi connectivity index (χ1) is 17.6. The fourth-order valence-corrected chi connectivity index (χ4v) is 4.53. The van der Waals surface area contributed by atoms with Crippen molar-refractivity contribution in [3.05, 3.63) is 42.1 Å². The highest BCUT2D eigenvalue weighted by atomic mass is 16.6. The molecule has 1 aliphatic carbocycles. The van der Waals surface area contributed by atoms with Crippen molar-refractivity contribution in [2.75, 3.05) is 28.3 Å². The standard InChI is InChI=1S/C27H35N5O5/c1-18(19-10-12-21(13-11-19)29-23(33)20-8-6-5-7-9-20)32(26(35)37-27(2,3)4)24-28-15-14-22(30-24)31-16-17-36-25(31)34/h10-15,18,20H,5-9,16-17H2,1-4H3,(H,29,33). The average molecular weight is 510 g/mol. The summed E-state index contributed by atoms with van der Waals surface area (Å²) in [5, 5.41) is 3.02. The summed E-state index contributed by atoms with van der Waals surface area (Å²) in [6.07, 6.45) is 5.63. The summed E-state index contributed by atoms with van der Waals surface area (Å²) < 4.78 is 10.7. The van der Waals surface area contributed by atoms with Gasteiger partial charge < -0.3 is 14.8 Å². The molecule has 1 atom stereocenters. The van der Waals surface area contributed by atoms with E-state index < -0.39 is 23.8 Å². The predicted octanol–water partition coefficient (Wildman–Crippen LogP) is 5.45. The van der Waals surface area contributed by atoms with Crippen molar-refractivity contribution in [3.63, 3.8) is 0 Å². The van der Waals surface area contributed by atoms with Crippen LogP contribution in [0.4, 0.5) is 27.0 Å². The average Bonchev–Trinajstić information content (AvgIpc) is 3.30. The van der Waals surface area contributed by atoms with Crippen LogP contribution in [0.15, 0.2) is 36.5 Å². The fourth-order valence-electron chi connectivity index (χ4n) is 4.53. The number of nitrogens with zero attached hydrogens (tertiary/aromatic N) is 4. The second kappa shape index (κ2) is 11.1. The number of hydrogen-bond donors (Lipinski definition) is 1. The van der Waals surface area contributed by atoms with Crippen molar-refractivity contribution in [3.8, 4) is 0 Å². The van der Waals surface area contributed by atoms with Crippen LogP contribution in [-0.2, 0) is 14.3 Å². The van der Waals surface area contributed by atoms with Crippen LogP contribution >= 0.6 is 0 Å². The molecule has 0 radical (unpaired) electrons. The lowest BCUT2D eigenvalue weighted by Gasteiger charge is -2.31. The van der Waals surface area contributed by atoms with E-state index in [-0.39, 0.29) is 24.4 Å². The molecule has 10 nitrogen and oxygen atoms in total. The van der Waals surface area contributed by atoms with Gasteiger partial charge in [-0.05, 0) is 64.3 Å². The van der Waals surface area contributed by atoms with Crippen LogP contribution < -0.4 is 15.1 Å². The lowest BCUT2D eigenvalue weighted by atomic mass is 9.88. The Kier molecular flexibility index (Phi) is 7.94. The number of cyclic esters (lactones) is 1. The molecule has 0 spiro atoms. The van der Waals surface area contributed by atoms with Gasteiger partial charge in [-0.1, -0.05) is 31.4 Å². The minimum absolute atomic E-state index is 0.0570. The molecule has 4 rings (SSSR count). The molecule has 1 aromatic heterocycles. The number of nitrogens with one attached hydrogen (secondary N) is 1. The molecule has 1 aromatic carbocycles. The van der Waals surface area contributed by atoms with Gasteiger partial charge in [0, 0.05) is 17.8 Å². The number of carbonyl (C=O) groups excluding carboxylic acids is 3. The summed E-state index contributed by atoms with van der Waals surface area (Å²) in [5.41, 5.74) is 0.774. The maximum absolute atomic E-state index is 13.3. The van der Waals surface area contributed by atoms with Gasteiger partial charge in [0.1, 0.15) is 18.0 Å². The SMILES string of the molecule is CC(c1ccc(NC(=O)C2CCCCC2)cc1)N(C(=O)OC(C)(C)C)c1nccc(N2CCOC2=O)n1. The second-order valence-corrected chi connectivity index (χ2v) is 10.5. The van der Waals surface area contributed by atoms with E-state index >= 15 is 0 Å². The van der Waals surface area contributed by atoms with E-state index in [0.717, 1.165) is 31.2 Å². The molecule has 3 amide bonds. The van der Waals surface area contributed by atoms with E-state index in [9.17, 15) is 14.4 Å². The second-order valence-electron chi connectivity index (χ2n) is 10.5. The highest BCUT2D eigenvalue weighted by Gasteiger charge is 2.32. The number of aromatic nitrogens is 2. The Morgan fingerprint density at radius 2 is 1.84 bits per heavy atom. The number of amides is 3. The van der Waals surface area contributed by atoms with Crippen LogP contribution in [0, 0.1) is 5.92 Å². The first-order valence-corrected chi connectivity index (χ1v) is 12.8. The Morgan fingerprint density at radius 1 is 1.14 bits per heavy atom. The van der Waals surface area contributed by atoms with Crippen molar-refractivity contribution in [1.82, 2.24) is 9.97 Å². The molecule has 2 heterocycles. The van der Waals surface area contributed by atoms with Gasteiger partial charge >= 0.3 is 12.2 Å². The Hall–Kier alpha value is -3.69. The Bertz CT molecular complexity index is 1120. The zero-order valence-corrected chi connectivity index (χ0v) is 21.9. The lowest BCUT2D eigenvalue weighted by Crippen LogP contribution is -2.40. The normalized spacial score (nSPS) is 17.2. The van der Waals surface area contributed by atoms with Gasteiger partial charge in [0.05, 0.1) is 12.6 Å². The Balaban J connectivity index is 1.56. The summed E-state index contributed by atoms with van der Waals surface area (Å²) >= 11 is 0. The number of carbonyl (C=O) groups is 3. The zero-order valence-electron chi connectivity index (χ0n) is 21.9. The summed E-state index contributed by atoms with van der Waals surface area (Å²) in [5.74, 6) is 0.566. The summed E-state index contributed by atoms with van der Waals surface area (Å²) in [4.78, 5) is 49.6. The van der Waals surface area contributed by atoms with Gasteiger partial charge in [0.25, 0.3) is 0 Å². The number of ether oxygens (including phenoxy) is 2. The molecular weight excluding hydrogens is 474 g/mol. The maximum atomic E-state index is 13.3. The molecule has 0 bridgehead atoms. The van der Waals surface area contributed by atoms with E-state index in [1.54, 1.807) is 26.8 Å². The topological polar surface area (TPSA) is 114 Å². The third-order valence-electron chi connectivity index (χ3n) is 6.50. The summed E-state index contributed by atoms with van der Waals surface area (Å²) in [7, 11) is 0. The number of anilines is 3. The van der Waals surface area contributed by atoms with E-state index in [2.05, 4.69) is 15.3 Å². The van der Waals surface area contributed by atoms with Crippen molar-refractivity contribution in [2.45, 2.75) is 71.4 Å². The molecule has 1 saturated heterocycles. The number of hydrogen-bond acceptors (Lipinski definition) is 7. The molecule has 10 heteroatoms. The third kappa shape index (κ3) is 6.55. The highest BCUT2D eigenvalue weighted by Crippen LogP contribution is 2.30. The molecule has 1 aliphatic heterocycles. The van der Waals surface area contributed by atoms with Crippen molar-refractivity contribution in [2.24, 2.45) is 5.92 Å². The van der Waals surface area contributed by atoms with Crippen molar-refractivity contribution in [1.29, 1.82) is 0 Å². The van der Waals surface area contributed by atoms with Crippen molar-refractivity contribution >= 4 is 35.5 Å². The van der Waals surface area contributed by atoms with E-state index in [4.69, 9.17) is 9.47 Å². The van der Waals surface area contributed by atoms with Crippen LogP contribution in [-0.4, -0.2) is 46.8 Å². The zero-order chi connectivity index (χ0) is 26.6. The quantitative estimate of drug-likeness (QED) is 0.550. The van der Waals surface area contributed by atoms with Gasteiger partial charge in [0.2, 0.25) is 11.9 Å². The number of rotatable bonds is 6. The first kappa shape index (κ1) is 26.4. The van der Waals surface area contributed by atoms with Crippen LogP contribution in [0.1, 0.15) is 71.4 Å². The van der Waals surface area contributed by atoms with Crippen LogP contribution in [0.25, 0.3) is 0 Å². The molecule has 2 aromatic rings. The summed E-state index contributed by atoms with van der Waals surface area (Å²) in [6, 6.07) is 8.48. The lowest BCUT2D eigenvalue weighted by molar-refractivity contribution is -0.120. The highest BCUT2D eigenvalue weighted by molar-refractivity contribution is 5.93. The molecule has 1 N–H and O–H groups in total. The maximum Gasteiger partial charge on any atom is 0.417 e. The minimum Gasteiger partial charge on any atom is -0.447 e.